The molecular weight excluding hydrogens is 334 g/mol. The number of nitrogens with zero attached hydrogens (tertiary/aromatic N) is 4. The van der Waals surface area contributed by atoms with Crippen LogP contribution in [0.15, 0.2) is 29.4 Å². The first-order valence-corrected chi connectivity index (χ1v) is 9.00. The van der Waals surface area contributed by atoms with Gasteiger partial charge in [-0.05, 0) is 41.0 Å². The molecule has 1 aromatic carbocycles. The molecule has 1 aliphatic rings. The number of amides is 1. The van der Waals surface area contributed by atoms with Gasteiger partial charge in [-0.1, -0.05) is 48.3 Å². The van der Waals surface area contributed by atoms with Gasteiger partial charge in [0, 0.05) is 11.6 Å². The minimum Gasteiger partial charge on any atom is -0.351 e. The highest BCUT2D eigenvalue weighted by molar-refractivity contribution is 7.99. The van der Waals surface area contributed by atoms with E-state index in [1.807, 2.05) is 28.9 Å². The fourth-order valence-electron chi connectivity index (χ4n) is 2.64. The van der Waals surface area contributed by atoms with Crippen molar-refractivity contribution in [2.45, 2.75) is 43.4 Å². The summed E-state index contributed by atoms with van der Waals surface area (Å²) in [7, 11) is 0. The fraction of sp³-hybridized carbons (Fsp3) is 0.467. The van der Waals surface area contributed by atoms with E-state index in [0.717, 1.165) is 23.6 Å². The number of tetrazole rings is 1. The summed E-state index contributed by atoms with van der Waals surface area (Å²) < 4.78 is 1.87. The quantitative estimate of drug-likeness (QED) is 0.810. The second kappa shape index (κ2) is 7.79. The third kappa shape index (κ3) is 4.45. The molecule has 0 atom stereocenters. The highest BCUT2D eigenvalue weighted by atomic mass is 35.5. The molecule has 0 aliphatic heterocycles. The van der Waals surface area contributed by atoms with E-state index in [0.29, 0.717) is 23.4 Å². The third-order valence-electron chi connectivity index (χ3n) is 3.87. The van der Waals surface area contributed by atoms with Crippen molar-refractivity contribution in [2.24, 2.45) is 0 Å². The second-order valence-corrected chi connectivity index (χ2v) is 6.92. The monoisotopic (exact) mass is 351 g/mol. The molecule has 1 amide bonds. The van der Waals surface area contributed by atoms with E-state index in [9.17, 15) is 4.79 Å². The van der Waals surface area contributed by atoms with Crippen LogP contribution in [0.3, 0.4) is 0 Å². The summed E-state index contributed by atoms with van der Waals surface area (Å²) in [6.07, 6.45) is 4.66. The maximum atomic E-state index is 12.0. The predicted molar refractivity (Wildman–Crippen MR) is 89.3 cm³/mol. The molecule has 2 aromatic rings. The van der Waals surface area contributed by atoms with Crippen molar-refractivity contribution in [1.29, 1.82) is 0 Å². The number of halogens is 1. The maximum Gasteiger partial charge on any atom is 0.230 e. The van der Waals surface area contributed by atoms with Gasteiger partial charge in [0.1, 0.15) is 0 Å². The minimum atomic E-state index is -0.0362. The second-order valence-electron chi connectivity index (χ2n) is 5.54. The van der Waals surface area contributed by atoms with Crippen molar-refractivity contribution < 1.29 is 4.79 Å². The molecule has 1 saturated carbocycles. The topological polar surface area (TPSA) is 72.7 Å². The molecule has 0 saturated heterocycles. The Balaban J connectivity index is 1.47. The molecule has 1 aliphatic carbocycles. The first-order chi connectivity index (χ1) is 11.2. The minimum absolute atomic E-state index is 0.0362. The summed E-state index contributed by atoms with van der Waals surface area (Å²) in [5, 5.41) is 16.1. The summed E-state index contributed by atoms with van der Waals surface area (Å²) in [5.74, 6) is 0.270. The number of hydrogen-bond donors (Lipinski definition) is 1. The van der Waals surface area contributed by atoms with Crippen LogP contribution in [0.25, 0.3) is 0 Å². The summed E-state index contributed by atoms with van der Waals surface area (Å²) in [4.78, 5) is 12.0. The van der Waals surface area contributed by atoms with Crippen molar-refractivity contribution in [3.05, 3.63) is 34.9 Å². The fourth-order valence-corrected chi connectivity index (χ4v) is 3.54. The summed E-state index contributed by atoms with van der Waals surface area (Å²) in [6.45, 7) is 0.490. The van der Waals surface area contributed by atoms with Crippen LogP contribution in [0.1, 0.15) is 37.3 Å². The maximum absolute atomic E-state index is 12.0. The van der Waals surface area contributed by atoms with Gasteiger partial charge in [0.15, 0.2) is 0 Å². The number of benzene rings is 1. The number of aromatic nitrogens is 4. The predicted octanol–water partition coefficient (Wildman–Crippen LogP) is 2.85. The van der Waals surface area contributed by atoms with Gasteiger partial charge in [0.05, 0.1) is 11.8 Å². The van der Waals surface area contributed by atoms with E-state index in [2.05, 4.69) is 20.8 Å². The van der Waals surface area contributed by atoms with E-state index in [1.165, 1.54) is 24.6 Å². The molecule has 0 radical (unpaired) electrons. The zero-order valence-electron chi connectivity index (χ0n) is 12.6. The lowest BCUT2D eigenvalue weighted by molar-refractivity contribution is -0.118. The van der Waals surface area contributed by atoms with Crippen LogP contribution >= 0.6 is 23.4 Å². The molecule has 122 valence electrons. The molecule has 0 spiro atoms. The Hall–Kier alpha value is -1.60. The van der Waals surface area contributed by atoms with Gasteiger partial charge in [0.2, 0.25) is 11.1 Å². The van der Waals surface area contributed by atoms with E-state index in [1.54, 1.807) is 0 Å². The Morgan fingerprint density at radius 3 is 2.78 bits per heavy atom. The Labute approximate surface area is 144 Å². The summed E-state index contributed by atoms with van der Waals surface area (Å²) in [5.41, 5.74) is 1.02. The van der Waals surface area contributed by atoms with Gasteiger partial charge < -0.3 is 5.32 Å². The molecule has 0 unspecified atom stereocenters. The van der Waals surface area contributed by atoms with Crippen LogP contribution in [0.4, 0.5) is 0 Å². The van der Waals surface area contributed by atoms with Crippen LogP contribution in [-0.4, -0.2) is 31.9 Å². The highest BCUT2D eigenvalue weighted by Gasteiger charge is 2.21. The van der Waals surface area contributed by atoms with Crippen molar-refractivity contribution in [3.63, 3.8) is 0 Å². The Kier molecular flexibility index (Phi) is 5.51. The van der Waals surface area contributed by atoms with Gasteiger partial charge in [-0.25, -0.2) is 4.68 Å². The number of hydrogen-bond acceptors (Lipinski definition) is 5. The van der Waals surface area contributed by atoms with Gasteiger partial charge in [-0.2, -0.15) is 0 Å². The number of rotatable bonds is 6. The largest absolute Gasteiger partial charge is 0.351 e. The van der Waals surface area contributed by atoms with Crippen molar-refractivity contribution in [1.82, 2.24) is 25.5 Å². The highest BCUT2D eigenvalue weighted by Crippen LogP contribution is 2.31. The number of thioether (sulfide) groups is 1. The van der Waals surface area contributed by atoms with Crippen LogP contribution in [0, 0.1) is 0 Å². The first kappa shape index (κ1) is 16.3. The van der Waals surface area contributed by atoms with Gasteiger partial charge >= 0.3 is 0 Å². The number of carbonyl (C=O) groups excluding carboxylic acids is 1. The normalized spacial score (nSPS) is 15.0. The van der Waals surface area contributed by atoms with Crippen LogP contribution < -0.4 is 5.32 Å². The molecule has 23 heavy (non-hydrogen) atoms. The molecule has 1 fully saturated rings. The summed E-state index contributed by atoms with van der Waals surface area (Å²) in [6, 6.07) is 7.80. The molecule has 1 aromatic heterocycles. The van der Waals surface area contributed by atoms with Crippen LogP contribution in [0.2, 0.25) is 5.02 Å². The lowest BCUT2D eigenvalue weighted by Gasteiger charge is -2.10. The lowest BCUT2D eigenvalue weighted by Crippen LogP contribution is -2.24. The van der Waals surface area contributed by atoms with E-state index in [-0.39, 0.29) is 5.91 Å². The molecule has 0 bridgehead atoms. The average Bonchev–Trinajstić information content (AvgIpc) is 3.23. The van der Waals surface area contributed by atoms with Crippen LogP contribution in [0.5, 0.6) is 0 Å². The first-order valence-electron chi connectivity index (χ1n) is 7.64. The van der Waals surface area contributed by atoms with Crippen molar-refractivity contribution in [3.8, 4) is 0 Å². The molecule has 1 heterocycles. The standard InChI is InChI=1S/C15H18ClN5OS/c16-12-7-5-11(6-8-12)9-17-14(22)10-23-15-18-19-20-21(15)13-3-1-2-4-13/h5-8,13H,1-4,9-10H2,(H,17,22). The van der Waals surface area contributed by atoms with E-state index in [4.69, 9.17) is 11.6 Å². The van der Waals surface area contributed by atoms with Gasteiger partial charge in [0.25, 0.3) is 0 Å². The van der Waals surface area contributed by atoms with Gasteiger partial charge in [-0.15, -0.1) is 5.10 Å². The molecule has 1 N–H and O–H groups in total. The third-order valence-corrected chi connectivity index (χ3v) is 5.05. The van der Waals surface area contributed by atoms with Crippen LogP contribution in [-0.2, 0) is 11.3 Å². The van der Waals surface area contributed by atoms with Gasteiger partial charge in [-0.3, -0.25) is 4.79 Å². The average molecular weight is 352 g/mol. The van der Waals surface area contributed by atoms with E-state index >= 15 is 0 Å². The Morgan fingerprint density at radius 1 is 1.30 bits per heavy atom. The van der Waals surface area contributed by atoms with Crippen molar-refractivity contribution >= 4 is 29.3 Å². The van der Waals surface area contributed by atoms with E-state index < -0.39 is 0 Å². The molecule has 3 rings (SSSR count). The zero-order chi connectivity index (χ0) is 16.1. The zero-order valence-corrected chi connectivity index (χ0v) is 14.2. The number of carbonyl (C=O) groups is 1. The Morgan fingerprint density at radius 2 is 2.04 bits per heavy atom. The van der Waals surface area contributed by atoms with Crippen molar-refractivity contribution in [2.75, 3.05) is 5.75 Å². The molecular formula is C15H18ClN5OS. The number of nitrogens with one attached hydrogen (secondary N) is 1. The Bertz CT molecular complexity index is 654. The molecule has 8 heteroatoms. The smallest absolute Gasteiger partial charge is 0.230 e. The lowest BCUT2D eigenvalue weighted by atomic mass is 10.2. The summed E-state index contributed by atoms with van der Waals surface area (Å²) >= 11 is 7.22. The SMILES string of the molecule is O=C(CSc1nnnn1C1CCCC1)NCc1ccc(Cl)cc1. The molecule has 6 nitrogen and oxygen atoms in total.